The van der Waals surface area contributed by atoms with E-state index in [0.29, 0.717) is 31.1 Å². The normalized spacial score (nSPS) is 29.2. The Morgan fingerprint density at radius 2 is 2.07 bits per heavy atom. The van der Waals surface area contributed by atoms with Crippen LogP contribution >= 0.6 is 0 Å². The first-order valence-corrected chi connectivity index (χ1v) is 10.5. The molecule has 3 aliphatic heterocycles. The van der Waals surface area contributed by atoms with E-state index >= 15 is 0 Å². The maximum absolute atomic E-state index is 12.8. The van der Waals surface area contributed by atoms with Gasteiger partial charge in [0.2, 0.25) is 5.91 Å². The van der Waals surface area contributed by atoms with Gasteiger partial charge >= 0.3 is 5.97 Å². The maximum atomic E-state index is 12.8. The highest BCUT2D eigenvalue weighted by molar-refractivity contribution is 5.92. The average Bonchev–Trinajstić information content (AvgIpc) is 2.73. The molecule has 0 unspecified atom stereocenters. The van der Waals surface area contributed by atoms with E-state index in [1.807, 2.05) is 0 Å². The fourth-order valence-corrected chi connectivity index (χ4v) is 5.36. The van der Waals surface area contributed by atoms with Gasteiger partial charge in [-0.2, -0.15) is 0 Å². The number of carbonyl (C=O) groups excluding carboxylic acids is 2. The molecule has 3 saturated heterocycles. The third-order valence-electron chi connectivity index (χ3n) is 6.58. The van der Waals surface area contributed by atoms with Crippen molar-refractivity contribution in [3.05, 3.63) is 30.1 Å². The number of fused-ring (bicyclic) bond motifs is 4. The summed E-state index contributed by atoms with van der Waals surface area (Å²) in [6.45, 7) is 2.56. The molecule has 1 aromatic rings. The summed E-state index contributed by atoms with van der Waals surface area (Å²) in [7, 11) is 0. The second-order valence-corrected chi connectivity index (χ2v) is 8.41. The van der Waals surface area contributed by atoms with Crippen LogP contribution in [-0.4, -0.2) is 75.9 Å². The summed E-state index contributed by atoms with van der Waals surface area (Å²) in [6, 6.07) is 5.36. The van der Waals surface area contributed by atoms with Crippen molar-refractivity contribution in [1.82, 2.24) is 20.1 Å². The van der Waals surface area contributed by atoms with Gasteiger partial charge in [-0.05, 0) is 43.2 Å². The minimum atomic E-state index is -0.783. The SMILES string of the molecule is O=C(O)CCN1C[C@H]2C[C@@H](C1)[C@H](CNC(=O)c1ccccn1)N1C(=O)CCC[C@@H]21. The molecule has 4 atom stereocenters. The lowest BCUT2D eigenvalue weighted by atomic mass is 9.72. The Hall–Kier alpha value is -2.48. The standard InChI is InChI=1S/C21H28N4O4/c26-19-6-3-5-17-14-10-15(13-24(12-14)9-7-20(27)28)18(25(17)19)11-23-21(29)16-4-1-2-8-22-16/h1-2,4,8,14-15,17-18H,3,5-7,9-13H2,(H,23,29)(H,27,28)/t14-,15+,17+,18+/m1/s1. The molecule has 0 radical (unpaired) electrons. The third-order valence-corrected chi connectivity index (χ3v) is 6.58. The van der Waals surface area contributed by atoms with Gasteiger partial charge in [0, 0.05) is 44.8 Å². The number of piperidine rings is 3. The number of hydrogen-bond donors (Lipinski definition) is 2. The Morgan fingerprint density at radius 1 is 1.24 bits per heavy atom. The van der Waals surface area contributed by atoms with Crippen LogP contribution < -0.4 is 5.32 Å². The summed E-state index contributed by atoms with van der Waals surface area (Å²) in [6.07, 6.45) is 5.22. The molecule has 0 aliphatic carbocycles. The number of hydrogen-bond acceptors (Lipinski definition) is 5. The third kappa shape index (κ3) is 4.27. The van der Waals surface area contributed by atoms with Crippen LogP contribution in [0, 0.1) is 11.8 Å². The zero-order valence-electron chi connectivity index (χ0n) is 16.5. The largest absolute Gasteiger partial charge is 0.481 e. The second kappa shape index (κ2) is 8.49. The van der Waals surface area contributed by atoms with E-state index in [-0.39, 0.29) is 36.2 Å². The molecule has 2 N–H and O–H groups in total. The van der Waals surface area contributed by atoms with Crippen LogP contribution in [0.3, 0.4) is 0 Å². The van der Waals surface area contributed by atoms with E-state index in [2.05, 4.69) is 20.1 Å². The molecule has 2 amide bonds. The van der Waals surface area contributed by atoms with E-state index < -0.39 is 5.97 Å². The molecule has 0 saturated carbocycles. The summed E-state index contributed by atoms with van der Waals surface area (Å²) in [4.78, 5) is 44.7. The van der Waals surface area contributed by atoms with Crippen molar-refractivity contribution in [3.8, 4) is 0 Å². The van der Waals surface area contributed by atoms with Gasteiger partial charge in [0.1, 0.15) is 5.69 Å². The summed E-state index contributed by atoms with van der Waals surface area (Å²) < 4.78 is 0. The molecular weight excluding hydrogens is 372 g/mol. The van der Waals surface area contributed by atoms with Gasteiger partial charge in [-0.25, -0.2) is 0 Å². The molecule has 156 valence electrons. The fourth-order valence-electron chi connectivity index (χ4n) is 5.36. The van der Waals surface area contributed by atoms with E-state index in [4.69, 9.17) is 5.11 Å². The van der Waals surface area contributed by atoms with Gasteiger partial charge in [-0.1, -0.05) is 6.07 Å². The van der Waals surface area contributed by atoms with Crippen LogP contribution in [0.5, 0.6) is 0 Å². The number of carboxylic acid groups (broad SMARTS) is 1. The Bertz CT molecular complexity index is 771. The Labute approximate surface area is 170 Å². The van der Waals surface area contributed by atoms with Gasteiger partial charge in [0.25, 0.3) is 5.91 Å². The molecule has 0 aromatic carbocycles. The predicted molar refractivity (Wildman–Crippen MR) is 105 cm³/mol. The highest BCUT2D eigenvalue weighted by Crippen LogP contribution is 2.41. The summed E-state index contributed by atoms with van der Waals surface area (Å²) >= 11 is 0. The second-order valence-electron chi connectivity index (χ2n) is 8.41. The Balaban J connectivity index is 1.49. The van der Waals surface area contributed by atoms with Crippen molar-refractivity contribution in [2.24, 2.45) is 11.8 Å². The molecule has 0 spiro atoms. The van der Waals surface area contributed by atoms with Crippen molar-refractivity contribution in [2.45, 2.75) is 44.2 Å². The molecule has 1 aromatic heterocycles. The van der Waals surface area contributed by atoms with Crippen LogP contribution in [0.1, 0.15) is 42.6 Å². The van der Waals surface area contributed by atoms with Crippen LogP contribution in [-0.2, 0) is 9.59 Å². The summed E-state index contributed by atoms with van der Waals surface area (Å²) in [5.41, 5.74) is 0.370. The van der Waals surface area contributed by atoms with Crippen molar-refractivity contribution in [1.29, 1.82) is 0 Å². The number of pyridine rings is 1. The lowest BCUT2D eigenvalue weighted by Crippen LogP contribution is -2.67. The van der Waals surface area contributed by atoms with Gasteiger partial charge < -0.3 is 20.2 Å². The lowest BCUT2D eigenvalue weighted by molar-refractivity contribution is -0.152. The van der Waals surface area contributed by atoms with Crippen LogP contribution in [0.4, 0.5) is 0 Å². The quantitative estimate of drug-likeness (QED) is 0.738. The molecule has 2 bridgehead atoms. The number of carboxylic acids is 1. The Morgan fingerprint density at radius 3 is 2.83 bits per heavy atom. The van der Waals surface area contributed by atoms with Crippen LogP contribution in [0.25, 0.3) is 0 Å². The van der Waals surface area contributed by atoms with Crippen molar-refractivity contribution < 1.29 is 19.5 Å². The number of aliphatic carboxylic acids is 1. The highest BCUT2D eigenvalue weighted by atomic mass is 16.4. The molecule has 3 aliphatic rings. The first-order chi connectivity index (χ1) is 14.0. The van der Waals surface area contributed by atoms with E-state index in [1.54, 1.807) is 24.4 Å². The lowest BCUT2D eigenvalue weighted by Gasteiger charge is -2.56. The first-order valence-electron chi connectivity index (χ1n) is 10.5. The molecule has 29 heavy (non-hydrogen) atoms. The molecule has 3 fully saturated rings. The van der Waals surface area contributed by atoms with Crippen LogP contribution in [0.15, 0.2) is 24.4 Å². The molecule has 8 heteroatoms. The number of amides is 2. The summed E-state index contributed by atoms with van der Waals surface area (Å²) in [5, 5.41) is 12.0. The predicted octanol–water partition coefficient (Wildman–Crippen LogP) is 0.988. The van der Waals surface area contributed by atoms with Gasteiger partial charge in [0.05, 0.1) is 12.5 Å². The van der Waals surface area contributed by atoms with Gasteiger partial charge in [-0.15, -0.1) is 0 Å². The average molecular weight is 400 g/mol. The van der Waals surface area contributed by atoms with E-state index in [0.717, 1.165) is 32.4 Å². The molecule has 4 rings (SSSR count). The minimum Gasteiger partial charge on any atom is -0.481 e. The van der Waals surface area contributed by atoms with Gasteiger partial charge in [0.15, 0.2) is 0 Å². The van der Waals surface area contributed by atoms with Crippen molar-refractivity contribution in [3.63, 3.8) is 0 Å². The minimum absolute atomic E-state index is 0.0515. The van der Waals surface area contributed by atoms with Crippen molar-refractivity contribution >= 4 is 17.8 Å². The number of aromatic nitrogens is 1. The summed E-state index contributed by atoms with van der Waals surface area (Å²) in [5.74, 6) is -0.201. The zero-order valence-corrected chi connectivity index (χ0v) is 16.5. The maximum Gasteiger partial charge on any atom is 0.304 e. The van der Waals surface area contributed by atoms with E-state index in [1.165, 1.54) is 0 Å². The zero-order chi connectivity index (χ0) is 20.4. The fraction of sp³-hybridized carbons (Fsp3) is 0.619. The molecule has 4 heterocycles. The molecular formula is C21H28N4O4. The van der Waals surface area contributed by atoms with Gasteiger partial charge in [-0.3, -0.25) is 19.4 Å². The van der Waals surface area contributed by atoms with Crippen LogP contribution in [0.2, 0.25) is 0 Å². The monoisotopic (exact) mass is 400 g/mol. The number of nitrogens with one attached hydrogen (secondary N) is 1. The Kier molecular flexibility index (Phi) is 5.80. The number of carbonyl (C=O) groups is 3. The highest BCUT2D eigenvalue weighted by Gasteiger charge is 2.49. The number of likely N-dealkylation sites (tertiary alicyclic amines) is 1. The van der Waals surface area contributed by atoms with E-state index in [9.17, 15) is 14.4 Å². The smallest absolute Gasteiger partial charge is 0.304 e. The first kappa shape index (κ1) is 19.8. The topological polar surface area (TPSA) is 103 Å². The molecule has 8 nitrogen and oxygen atoms in total. The number of rotatable bonds is 6. The number of nitrogens with zero attached hydrogens (tertiary/aromatic N) is 3. The van der Waals surface area contributed by atoms with Crippen molar-refractivity contribution in [2.75, 3.05) is 26.2 Å².